The zero-order valence-electron chi connectivity index (χ0n) is 16.5. The average Bonchev–Trinajstić information content (AvgIpc) is 3.14. The molecule has 29 heavy (non-hydrogen) atoms. The zero-order chi connectivity index (χ0) is 22.2. The van der Waals surface area contributed by atoms with Crippen LogP contribution in [-0.4, -0.2) is 46.9 Å². The van der Waals surface area contributed by atoms with E-state index in [2.05, 4.69) is 77.8 Å². The molecule has 9 nitrogen and oxygen atoms in total. The topological polar surface area (TPSA) is 114 Å². The first kappa shape index (κ1) is 25.0. The van der Waals surface area contributed by atoms with E-state index in [1.807, 2.05) is 20.8 Å². The molecule has 0 aliphatic rings. The quantitative estimate of drug-likeness (QED) is 0.365. The first-order chi connectivity index (χ1) is 13.4. The Morgan fingerprint density at radius 2 is 0.828 bits per heavy atom. The number of hydrogen-bond acceptors (Lipinski definition) is 6. The third-order valence-electron chi connectivity index (χ3n) is 3.69. The van der Waals surface area contributed by atoms with Gasteiger partial charge in [0, 0.05) is 0 Å². The molecular formula is C15H21AgBBr3N6O3. The Morgan fingerprint density at radius 3 is 0.966 bits per heavy atom. The minimum Gasteiger partial charge on any atom is -0.402 e. The average molecular weight is 692 g/mol. The van der Waals surface area contributed by atoms with Crippen molar-refractivity contribution in [3.8, 4) is 0 Å². The molecule has 0 aromatic carbocycles. The number of aromatic nitrogens is 6. The second-order valence-corrected chi connectivity index (χ2v) is 11.1. The largest absolute Gasteiger partial charge is 0.631 e. The molecule has 3 heterocycles. The summed E-state index contributed by atoms with van der Waals surface area (Å²) in [5.74, 6) is 0. The van der Waals surface area contributed by atoms with E-state index in [0.29, 0.717) is 0 Å². The van der Waals surface area contributed by atoms with Gasteiger partial charge in [-0.3, -0.25) is 0 Å². The fourth-order valence-corrected chi connectivity index (χ4v) is 7.30. The number of hydrogen-bond donors (Lipinski definition) is 3. The summed E-state index contributed by atoms with van der Waals surface area (Å²) in [4.78, 5) is 0. The molecule has 3 N–H and O–H groups in total. The van der Waals surface area contributed by atoms with Crippen molar-refractivity contribution in [2.45, 2.75) is 41.5 Å². The molecule has 0 atom stereocenters. The maximum Gasteiger partial charge on any atom is 0.631 e. The van der Waals surface area contributed by atoms with Gasteiger partial charge in [-0.05, 0) is 0 Å². The minimum absolute atomic E-state index is 0.960. The van der Waals surface area contributed by atoms with Gasteiger partial charge >= 0.3 is 188 Å². The van der Waals surface area contributed by atoms with E-state index in [9.17, 15) is 0 Å². The molecule has 0 saturated heterocycles. The van der Waals surface area contributed by atoms with Crippen molar-refractivity contribution in [3.05, 3.63) is 47.6 Å². The molecule has 0 aliphatic heterocycles. The molecule has 0 aliphatic carbocycles. The van der Waals surface area contributed by atoms with Gasteiger partial charge in [-0.1, -0.05) is 0 Å². The SMILES string of the molecule is Cc1n[n]([Ag]([n]2nc(C)c(Br)c2C)[n]2nc(C)c(Br)c2C)c(C)c1Br.OB(O)O. The second kappa shape index (κ2) is 9.92. The van der Waals surface area contributed by atoms with Gasteiger partial charge in [0.1, 0.15) is 0 Å². The van der Waals surface area contributed by atoms with Crippen molar-refractivity contribution in [1.82, 2.24) is 24.6 Å². The van der Waals surface area contributed by atoms with Crippen molar-refractivity contribution in [2.24, 2.45) is 0 Å². The van der Waals surface area contributed by atoms with Crippen LogP contribution >= 0.6 is 47.8 Å². The first-order valence-electron chi connectivity index (χ1n) is 8.19. The summed E-state index contributed by atoms with van der Waals surface area (Å²) in [5.41, 5.74) is 6.09. The smallest absolute Gasteiger partial charge is 0.402 e. The summed E-state index contributed by atoms with van der Waals surface area (Å²) in [6, 6.07) is 0. The third kappa shape index (κ3) is 5.16. The Bertz CT molecular complexity index is 909. The van der Waals surface area contributed by atoms with Crippen LogP contribution in [0.2, 0.25) is 0 Å². The summed E-state index contributed by atoms with van der Waals surface area (Å²) in [7, 11) is -2.17. The first-order valence-corrected chi connectivity index (χ1v) is 12.6. The fraction of sp³-hybridized carbons (Fsp3) is 0.400. The van der Waals surface area contributed by atoms with Crippen molar-refractivity contribution >= 4 is 55.1 Å². The summed E-state index contributed by atoms with van der Waals surface area (Å²) < 4.78 is 9.25. The van der Waals surface area contributed by atoms with Crippen molar-refractivity contribution in [3.63, 3.8) is 0 Å². The Labute approximate surface area is 201 Å². The third-order valence-corrected chi connectivity index (χ3v) is 10.8. The summed E-state index contributed by atoms with van der Waals surface area (Å²) in [6.45, 7) is 12.2. The number of rotatable bonds is 3. The number of halogens is 3. The molecule has 0 amide bonds. The van der Waals surface area contributed by atoms with Crippen molar-refractivity contribution in [2.75, 3.05) is 0 Å². The van der Waals surface area contributed by atoms with Crippen LogP contribution in [0.4, 0.5) is 0 Å². The van der Waals surface area contributed by atoms with Crippen LogP contribution in [0.5, 0.6) is 0 Å². The van der Waals surface area contributed by atoms with E-state index in [4.69, 9.17) is 30.4 Å². The van der Waals surface area contributed by atoms with Gasteiger partial charge in [-0.2, -0.15) is 0 Å². The predicted molar refractivity (Wildman–Crippen MR) is 117 cm³/mol. The zero-order valence-corrected chi connectivity index (χ0v) is 22.8. The molecule has 0 radical (unpaired) electrons. The van der Waals surface area contributed by atoms with Gasteiger partial charge < -0.3 is 15.1 Å². The van der Waals surface area contributed by atoms with Gasteiger partial charge in [0.05, 0.1) is 0 Å². The van der Waals surface area contributed by atoms with Crippen LogP contribution in [0.25, 0.3) is 0 Å². The Morgan fingerprint density at radius 1 is 0.621 bits per heavy atom. The van der Waals surface area contributed by atoms with E-state index < -0.39 is 26.5 Å². The van der Waals surface area contributed by atoms with Gasteiger partial charge in [-0.25, -0.2) is 0 Å². The van der Waals surface area contributed by atoms with E-state index >= 15 is 0 Å². The molecular weight excluding hydrogens is 671 g/mol. The standard InChI is InChI=1S/3C5H6BrN2.Ag.BH3O3/c3*1-3-5(6)4(2)8-7-3;;2-1(3)4/h3*1-2H3;;2-4H/q3*-1;+3;. The summed E-state index contributed by atoms with van der Waals surface area (Å²) >= 11 is 9.27. The molecule has 3 rings (SSSR count). The number of nitrogens with zero attached hydrogens (tertiary/aromatic N) is 6. The second-order valence-electron chi connectivity index (χ2n) is 5.96. The summed E-state index contributed by atoms with van der Waals surface area (Å²) in [5, 5.41) is 35.9. The monoisotopic (exact) mass is 688 g/mol. The van der Waals surface area contributed by atoms with Gasteiger partial charge in [-0.15, -0.1) is 0 Å². The van der Waals surface area contributed by atoms with Crippen LogP contribution < -0.4 is 0 Å². The molecule has 3 aromatic rings. The van der Waals surface area contributed by atoms with Gasteiger partial charge in [0.25, 0.3) is 0 Å². The molecule has 3 aromatic heterocycles. The maximum absolute atomic E-state index is 7.17. The van der Waals surface area contributed by atoms with E-state index in [1.54, 1.807) is 0 Å². The van der Waals surface area contributed by atoms with Crippen molar-refractivity contribution < 1.29 is 34.3 Å². The Kier molecular flexibility index (Phi) is 8.56. The van der Waals surface area contributed by atoms with Crippen LogP contribution in [-0.2, 0) is 19.2 Å². The molecule has 164 valence electrons. The van der Waals surface area contributed by atoms with Crippen LogP contribution in [0.3, 0.4) is 0 Å². The van der Waals surface area contributed by atoms with Crippen molar-refractivity contribution in [1.29, 1.82) is 0 Å². The Balaban J connectivity index is 0.000000687. The van der Waals surface area contributed by atoms with E-state index in [-0.39, 0.29) is 0 Å². The summed E-state index contributed by atoms with van der Waals surface area (Å²) in [6.07, 6.45) is 0. The molecule has 0 fully saturated rings. The van der Waals surface area contributed by atoms with Crippen LogP contribution in [0.1, 0.15) is 34.2 Å². The normalized spacial score (nSPS) is 11.4. The predicted octanol–water partition coefficient (Wildman–Crippen LogP) is 2.67. The Hall–Kier alpha value is -0.245. The van der Waals surface area contributed by atoms with E-state index in [1.165, 1.54) is 0 Å². The van der Waals surface area contributed by atoms with E-state index in [0.717, 1.165) is 47.6 Å². The molecule has 0 unspecified atom stereocenters. The molecule has 0 spiro atoms. The molecule has 0 saturated carbocycles. The number of aryl methyl sites for hydroxylation is 3. The maximum atomic E-state index is 7.17. The van der Waals surface area contributed by atoms with Gasteiger partial charge in [0.2, 0.25) is 0 Å². The van der Waals surface area contributed by atoms with Crippen LogP contribution in [0.15, 0.2) is 13.4 Å². The van der Waals surface area contributed by atoms with Gasteiger partial charge in [0.15, 0.2) is 0 Å². The molecule has 0 bridgehead atoms. The molecule has 14 heteroatoms. The minimum atomic E-state index is -2.17. The van der Waals surface area contributed by atoms with Crippen LogP contribution in [0, 0.1) is 41.5 Å². The fourth-order valence-electron chi connectivity index (χ4n) is 2.24.